The zero-order valence-electron chi connectivity index (χ0n) is 10.9. The van der Waals surface area contributed by atoms with Gasteiger partial charge in [-0.2, -0.15) is 0 Å². The Kier molecular flexibility index (Phi) is 3.52. The number of rotatable bonds is 5. The average molecular weight is 249 g/mol. The smallest absolute Gasteiger partial charge is 0.268 e. The zero-order chi connectivity index (χ0) is 13.3. The van der Waals surface area contributed by atoms with E-state index >= 15 is 0 Å². The summed E-state index contributed by atoms with van der Waals surface area (Å²) in [6.45, 7) is 8.30. The number of H-pyrrole nitrogens is 1. The van der Waals surface area contributed by atoms with Crippen molar-refractivity contribution < 1.29 is 0 Å². The first kappa shape index (κ1) is 12.8. The largest absolute Gasteiger partial charge is 0.310 e. The molecule has 0 spiro atoms. The SMILES string of the molecule is C=C(CNC1CC1)Cn1[nH]c(=O)c(C)c(C)c1=O. The van der Waals surface area contributed by atoms with Crippen molar-refractivity contribution in [1.82, 2.24) is 15.1 Å². The fourth-order valence-electron chi connectivity index (χ4n) is 1.76. The van der Waals surface area contributed by atoms with Crippen molar-refractivity contribution in [2.75, 3.05) is 6.54 Å². The second-order valence-corrected chi connectivity index (χ2v) is 4.99. The minimum absolute atomic E-state index is 0.153. The fourth-order valence-corrected chi connectivity index (χ4v) is 1.76. The molecule has 0 radical (unpaired) electrons. The summed E-state index contributed by atoms with van der Waals surface area (Å²) in [6, 6.07) is 0.609. The number of nitrogens with zero attached hydrogens (tertiary/aromatic N) is 1. The standard InChI is InChI=1S/C13H19N3O2/c1-8(6-14-11-4-5-11)7-16-13(18)10(3)9(2)12(17)15-16/h11,14H,1,4-7H2,2-3H3,(H,15,17). The summed E-state index contributed by atoms with van der Waals surface area (Å²) in [5, 5.41) is 5.91. The van der Waals surface area contributed by atoms with Gasteiger partial charge in [-0.3, -0.25) is 14.7 Å². The molecule has 0 atom stereocenters. The van der Waals surface area contributed by atoms with E-state index in [1.807, 2.05) is 0 Å². The van der Waals surface area contributed by atoms with Gasteiger partial charge in [-0.05, 0) is 32.3 Å². The van der Waals surface area contributed by atoms with Crippen LogP contribution in [0, 0.1) is 13.8 Å². The van der Waals surface area contributed by atoms with Crippen molar-refractivity contribution in [3.05, 3.63) is 44.0 Å². The normalized spacial score (nSPS) is 14.8. The summed E-state index contributed by atoms with van der Waals surface area (Å²) in [6.07, 6.45) is 2.43. The molecule has 0 aromatic carbocycles. The molecule has 5 nitrogen and oxygen atoms in total. The van der Waals surface area contributed by atoms with Gasteiger partial charge in [0.2, 0.25) is 0 Å². The monoisotopic (exact) mass is 249 g/mol. The molecule has 98 valence electrons. The van der Waals surface area contributed by atoms with Crippen LogP contribution in [0.15, 0.2) is 21.7 Å². The molecular weight excluding hydrogens is 230 g/mol. The second-order valence-electron chi connectivity index (χ2n) is 4.99. The van der Waals surface area contributed by atoms with E-state index in [1.54, 1.807) is 13.8 Å². The molecule has 1 aromatic heterocycles. The maximum absolute atomic E-state index is 12.0. The van der Waals surface area contributed by atoms with Gasteiger partial charge in [0.15, 0.2) is 0 Å². The van der Waals surface area contributed by atoms with Gasteiger partial charge in [0.05, 0.1) is 6.54 Å². The Balaban J connectivity index is 2.10. The lowest BCUT2D eigenvalue weighted by molar-refractivity contribution is 0.590. The molecule has 0 saturated heterocycles. The summed E-state index contributed by atoms with van der Waals surface area (Å²) in [5.41, 5.74) is 1.51. The predicted octanol–water partition coefficient (Wildman–Crippen LogP) is 0.462. The van der Waals surface area contributed by atoms with Crippen molar-refractivity contribution in [2.24, 2.45) is 0 Å². The summed E-state index contributed by atoms with van der Waals surface area (Å²) in [4.78, 5) is 23.6. The molecule has 1 aliphatic carbocycles. The van der Waals surface area contributed by atoms with E-state index in [9.17, 15) is 9.59 Å². The third kappa shape index (κ3) is 2.79. The van der Waals surface area contributed by atoms with E-state index in [4.69, 9.17) is 0 Å². The van der Waals surface area contributed by atoms with Crippen LogP contribution in [0.3, 0.4) is 0 Å². The van der Waals surface area contributed by atoms with E-state index in [0.717, 1.165) is 5.57 Å². The molecule has 5 heteroatoms. The lowest BCUT2D eigenvalue weighted by Gasteiger charge is -2.10. The Morgan fingerprint density at radius 3 is 2.67 bits per heavy atom. The number of aromatic nitrogens is 2. The van der Waals surface area contributed by atoms with Gasteiger partial charge in [0.25, 0.3) is 11.1 Å². The molecule has 0 amide bonds. The lowest BCUT2D eigenvalue weighted by Crippen LogP contribution is -2.34. The van der Waals surface area contributed by atoms with Crippen molar-refractivity contribution in [1.29, 1.82) is 0 Å². The maximum Gasteiger partial charge on any atom is 0.268 e. The highest BCUT2D eigenvalue weighted by Crippen LogP contribution is 2.18. The lowest BCUT2D eigenvalue weighted by atomic mass is 10.2. The molecule has 0 unspecified atom stereocenters. The Hall–Kier alpha value is -1.62. The van der Waals surface area contributed by atoms with E-state index in [0.29, 0.717) is 30.3 Å². The minimum atomic E-state index is -0.213. The third-order valence-electron chi connectivity index (χ3n) is 3.31. The van der Waals surface area contributed by atoms with Gasteiger partial charge in [-0.15, -0.1) is 0 Å². The Morgan fingerprint density at radius 1 is 1.39 bits per heavy atom. The van der Waals surface area contributed by atoms with Crippen molar-refractivity contribution in [2.45, 2.75) is 39.3 Å². The van der Waals surface area contributed by atoms with Crippen LogP contribution in [0.1, 0.15) is 24.0 Å². The summed E-state index contributed by atoms with van der Waals surface area (Å²) < 4.78 is 1.33. The van der Waals surface area contributed by atoms with Crippen LogP contribution >= 0.6 is 0 Å². The summed E-state index contributed by atoms with van der Waals surface area (Å²) >= 11 is 0. The quantitative estimate of drug-likeness (QED) is 0.745. The predicted molar refractivity (Wildman–Crippen MR) is 71.0 cm³/mol. The number of nitrogens with one attached hydrogen (secondary N) is 2. The molecule has 1 fully saturated rings. The molecule has 18 heavy (non-hydrogen) atoms. The second kappa shape index (κ2) is 4.94. The molecule has 1 heterocycles. The van der Waals surface area contributed by atoms with Gasteiger partial charge in [0.1, 0.15) is 0 Å². The highest BCUT2D eigenvalue weighted by atomic mass is 16.2. The first-order valence-corrected chi connectivity index (χ1v) is 6.19. The van der Waals surface area contributed by atoms with Crippen molar-refractivity contribution >= 4 is 0 Å². The Morgan fingerprint density at radius 2 is 2.06 bits per heavy atom. The minimum Gasteiger partial charge on any atom is -0.310 e. The summed E-state index contributed by atoms with van der Waals surface area (Å²) in [5.74, 6) is 0. The molecule has 2 N–H and O–H groups in total. The van der Waals surface area contributed by atoms with Crippen LogP contribution in [0.2, 0.25) is 0 Å². The first-order valence-electron chi connectivity index (χ1n) is 6.19. The van der Waals surface area contributed by atoms with E-state index < -0.39 is 0 Å². The molecule has 1 aliphatic rings. The maximum atomic E-state index is 12.0. The van der Waals surface area contributed by atoms with Crippen molar-refractivity contribution in [3.8, 4) is 0 Å². The Bertz CT molecular complexity index is 579. The zero-order valence-corrected chi connectivity index (χ0v) is 10.9. The van der Waals surface area contributed by atoms with Crippen LogP contribution in [-0.4, -0.2) is 22.4 Å². The highest BCUT2D eigenvalue weighted by molar-refractivity contribution is 5.17. The van der Waals surface area contributed by atoms with E-state index in [1.165, 1.54) is 17.5 Å². The third-order valence-corrected chi connectivity index (χ3v) is 3.31. The average Bonchev–Trinajstić information content (AvgIpc) is 3.15. The van der Waals surface area contributed by atoms with Gasteiger partial charge in [0, 0.05) is 23.7 Å². The fraction of sp³-hybridized carbons (Fsp3) is 0.538. The molecule has 2 rings (SSSR count). The van der Waals surface area contributed by atoms with Crippen LogP contribution < -0.4 is 16.4 Å². The highest BCUT2D eigenvalue weighted by Gasteiger charge is 2.20. The number of aromatic amines is 1. The van der Waals surface area contributed by atoms with Gasteiger partial charge < -0.3 is 5.32 Å². The van der Waals surface area contributed by atoms with Crippen LogP contribution in [0.4, 0.5) is 0 Å². The molecule has 1 saturated carbocycles. The van der Waals surface area contributed by atoms with E-state index in [2.05, 4.69) is 17.0 Å². The topological polar surface area (TPSA) is 66.9 Å². The van der Waals surface area contributed by atoms with Crippen LogP contribution in [0.5, 0.6) is 0 Å². The number of hydrogen-bond donors (Lipinski definition) is 2. The van der Waals surface area contributed by atoms with E-state index in [-0.39, 0.29) is 11.1 Å². The molecule has 0 bridgehead atoms. The summed E-state index contributed by atoms with van der Waals surface area (Å²) in [7, 11) is 0. The molecule has 1 aromatic rings. The first-order chi connectivity index (χ1) is 8.49. The van der Waals surface area contributed by atoms with Gasteiger partial charge >= 0.3 is 0 Å². The molecular formula is C13H19N3O2. The molecule has 0 aliphatic heterocycles. The number of hydrogen-bond acceptors (Lipinski definition) is 3. The van der Waals surface area contributed by atoms with Crippen molar-refractivity contribution in [3.63, 3.8) is 0 Å². The van der Waals surface area contributed by atoms with Crippen LogP contribution in [-0.2, 0) is 6.54 Å². The van der Waals surface area contributed by atoms with Gasteiger partial charge in [-0.1, -0.05) is 6.58 Å². The van der Waals surface area contributed by atoms with Crippen LogP contribution in [0.25, 0.3) is 0 Å². The Labute approximate surface area is 106 Å². The van der Waals surface area contributed by atoms with Gasteiger partial charge in [-0.25, -0.2) is 4.68 Å².